The summed E-state index contributed by atoms with van der Waals surface area (Å²) < 4.78 is 14.1. The first-order chi connectivity index (χ1) is 6.83. The molecule has 4 atom stereocenters. The Balaban J connectivity index is 1.80. The van der Waals surface area contributed by atoms with Gasteiger partial charge in [-0.3, -0.25) is 0 Å². The van der Waals surface area contributed by atoms with Crippen LogP contribution in [0.25, 0.3) is 0 Å². The van der Waals surface area contributed by atoms with Crippen molar-refractivity contribution in [3.05, 3.63) is 0 Å². The van der Waals surface area contributed by atoms with E-state index < -0.39 is 0 Å². The van der Waals surface area contributed by atoms with Crippen molar-refractivity contribution in [3.8, 4) is 0 Å². The van der Waals surface area contributed by atoms with E-state index in [1.54, 1.807) is 0 Å². The molecule has 2 nitrogen and oxygen atoms in total. The summed E-state index contributed by atoms with van der Waals surface area (Å²) in [7, 11) is 0. The van der Waals surface area contributed by atoms with E-state index in [1.807, 2.05) is 0 Å². The molecule has 0 aliphatic carbocycles. The van der Waals surface area contributed by atoms with Gasteiger partial charge in [0.25, 0.3) is 0 Å². The van der Waals surface area contributed by atoms with Crippen molar-refractivity contribution < 1.29 is 9.47 Å². The molecule has 0 spiro atoms. The van der Waals surface area contributed by atoms with E-state index in [0.29, 0.717) is 24.4 Å². The quantitative estimate of drug-likeness (QED) is 0.515. The first-order valence-corrected chi connectivity index (χ1v) is 8.31. The number of ether oxygens (including phenoxy) is 2. The van der Waals surface area contributed by atoms with Crippen LogP contribution in [0.15, 0.2) is 0 Å². The fourth-order valence-electron chi connectivity index (χ4n) is 2.24. The maximum Gasteiger partial charge on any atom is 0.0841 e. The van der Waals surface area contributed by atoms with Gasteiger partial charge in [-0.15, -0.1) is 0 Å². The number of halogens is 2. The summed E-state index contributed by atoms with van der Waals surface area (Å²) >= 11 is 4.81. The summed E-state index contributed by atoms with van der Waals surface area (Å²) in [6.45, 7) is 0. The van der Waals surface area contributed by atoms with Gasteiger partial charge in [0.1, 0.15) is 0 Å². The van der Waals surface area contributed by atoms with Crippen LogP contribution in [0.1, 0.15) is 25.7 Å². The van der Waals surface area contributed by atoms with Gasteiger partial charge in [-0.25, -0.2) is 0 Å². The highest BCUT2D eigenvalue weighted by Gasteiger charge is 2.36. The predicted octanol–water partition coefficient (Wildman–Crippen LogP) is 2.95. The third kappa shape index (κ3) is 2.74. The summed E-state index contributed by atoms with van der Waals surface area (Å²) in [5.41, 5.74) is 0. The lowest BCUT2D eigenvalue weighted by molar-refractivity contribution is -0.0545. The summed E-state index contributed by atoms with van der Waals surface area (Å²) in [6, 6.07) is 0. The minimum Gasteiger partial charge on any atom is -0.371 e. The van der Waals surface area contributed by atoms with Crippen LogP contribution in [0.4, 0.5) is 0 Å². The monoisotopic (exact) mass is 422 g/mol. The zero-order valence-electron chi connectivity index (χ0n) is 8.12. The van der Waals surface area contributed by atoms with E-state index in [0.717, 1.165) is 8.86 Å². The molecule has 0 N–H and O–H groups in total. The van der Waals surface area contributed by atoms with Crippen molar-refractivity contribution in [1.82, 2.24) is 0 Å². The van der Waals surface area contributed by atoms with E-state index in [9.17, 15) is 0 Å². The van der Waals surface area contributed by atoms with Crippen molar-refractivity contribution >= 4 is 45.2 Å². The molecular formula is C10H16I2O2. The van der Waals surface area contributed by atoms with Crippen molar-refractivity contribution in [1.29, 1.82) is 0 Å². The highest BCUT2D eigenvalue weighted by molar-refractivity contribution is 14.1. The molecule has 0 saturated carbocycles. The molecule has 4 heteroatoms. The highest BCUT2D eigenvalue weighted by atomic mass is 127. The lowest BCUT2D eigenvalue weighted by Crippen LogP contribution is -2.27. The maximum absolute atomic E-state index is 5.95. The van der Waals surface area contributed by atoms with Gasteiger partial charge in [-0.1, -0.05) is 45.2 Å². The molecule has 2 aliphatic heterocycles. The van der Waals surface area contributed by atoms with Gasteiger partial charge in [-0.05, 0) is 25.7 Å². The average Bonchev–Trinajstić information content (AvgIpc) is 2.86. The Kier molecular flexibility index (Phi) is 4.77. The molecule has 0 amide bonds. The van der Waals surface area contributed by atoms with Crippen LogP contribution in [-0.4, -0.2) is 33.3 Å². The molecule has 0 radical (unpaired) electrons. The maximum atomic E-state index is 5.95. The van der Waals surface area contributed by atoms with Gasteiger partial charge in [-0.2, -0.15) is 0 Å². The van der Waals surface area contributed by atoms with Crippen LogP contribution in [0.5, 0.6) is 0 Å². The Morgan fingerprint density at radius 3 is 1.50 bits per heavy atom. The fourth-order valence-corrected chi connectivity index (χ4v) is 3.54. The van der Waals surface area contributed by atoms with Crippen molar-refractivity contribution in [2.45, 2.75) is 50.1 Å². The van der Waals surface area contributed by atoms with Gasteiger partial charge < -0.3 is 9.47 Å². The summed E-state index contributed by atoms with van der Waals surface area (Å²) in [6.07, 6.45) is 6.61. The molecule has 14 heavy (non-hydrogen) atoms. The lowest BCUT2D eigenvalue weighted by atomic mass is 10.1. The topological polar surface area (TPSA) is 18.5 Å². The number of rotatable bonds is 3. The third-order valence-corrected chi connectivity index (χ3v) is 5.00. The minimum atomic E-state index is 0.391. The zero-order chi connectivity index (χ0) is 9.97. The van der Waals surface area contributed by atoms with Crippen molar-refractivity contribution in [2.24, 2.45) is 0 Å². The Bertz CT molecular complexity index is 169. The lowest BCUT2D eigenvalue weighted by Gasteiger charge is -2.19. The van der Waals surface area contributed by atoms with Gasteiger partial charge in [0.15, 0.2) is 0 Å². The largest absolute Gasteiger partial charge is 0.371 e. The van der Waals surface area contributed by atoms with Crippen LogP contribution < -0.4 is 0 Å². The SMILES string of the molecule is IC[C@H]1CC[C@H]([C@H]2CC[C@H](CI)O2)O1. The van der Waals surface area contributed by atoms with E-state index >= 15 is 0 Å². The van der Waals surface area contributed by atoms with Gasteiger partial charge in [0.05, 0.1) is 24.4 Å². The van der Waals surface area contributed by atoms with Crippen LogP contribution >= 0.6 is 45.2 Å². The second-order valence-corrected chi connectivity index (χ2v) is 5.82. The molecule has 2 aliphatic rings. The molecule has 0 bridgehead atoms. The Labute approximate surface area is 113 Å². The summed E-state index contributed by atoms with van der Waals surface area (Å²) in [4.78, 5) is 0. The van der Waals surface area contributed by atoms with E-state index in [1.165, 1.54) is 25.7 Å². The van der Waals surface area contributed by atoms with E-state index in [2.05, 4.69) is 45.2 Å². The molecule has 0 aromatic rings. The molecule has 2 rings (SSSR count). The molecule has 82 valence electrons. The van der Waals surface area contributed by atoms with Crippen LogP contribution in [0.3, 0.4) is 0 Å². The highest BCUT2D eigenvalue weighted by Crippen LogP contribution is 2.32. The van der Waals surface area contributed by atoms with Gasteiger partial charge >= 0.3 is 0 Å². The molecule has 2 fully saturated rings. The molecule has 2 heterocycles. The van der Waals surface area contributed by atoms with Crippen molar-refractivity contribution in [3.63, 3.8) is 0 Å². The Hall–Kier alpha value is 1.38. The fraction of sp³-hybridized carbons (Fsp3) is 1.00. The molecule has 0 aromatic carbocycles. The summed E-state index contributed by atoms with van der Waals surface area (Å²) in [5.74, 6) is 0. The van der Waals surface area contributed by atoms with Crippen LogP contribution in [-0.2, 0) is 9.47 Å². The Morgan fingerprint density at radius 2 is 1.21 bits per heavy atom. The first kappa shape index (κ1) is 11.9. The van der Waals surface area contributed by atoms with E-state index in [4.69, 9.17) is 9.47 Å². The number of hydrogen-bond donors (Lipinski definition) is 0. The number of alkyl halides is 2. The number of hydrogen-bond acceptors (Lipinski definition) is 2. The molecular weight excluding hydrogens is 406 g/mol. The standard InChI is InChI=1S/C10H16I2O2/c11-5-7-1-3-9(13-7)10-4-2-8(6-12)14-10/h7-10H,1-6H2/t7-,8-,9-,10-/m1/s1. The third-order valence-electron chi connectivity index (χ3n) is 3.04. The predicted molar refractivity (Wildman–Crippen MR) is 73.6 cm³/mol. The van der Waals surface area contributed by atoms with Gasteiger partial charge in [0.2, 0.25) is 0 Å². The molecule has 0 unspecified atom stereocenters. The first-order valence-electron chi connectivity index (χ1n) is 5.26. The van der Waals surface area contributed by atoms with Gasteiger partial charge in [0, 0.05) is 8.86 Å². The molecule has 0 aromatic heterocycles. The Morgan fingerprint density at radius 1 is 0.786 bits per heavy atom. The normalized spacial score (nSPS) is 43.3. The van der Waals surface area contributed by atoms with Crippen LogP contribution in [0, 0.1) is 0 Å². The molecule has 2 saturated heterocycles. The van der Waals surface area contributed by atoms with Crippen molar-refractivity contribution in [2.75, 3.05) is 8.86 Å². The summed E-state index contributed by atoms with van der Waals surface area (Å²) in [5, 5.41) is 0. The smallest absolute Gasteiger partial charge is 0.0841 e. The minimum absolute atomic E-state index is 0.391. The van der Waals surface area contributed by atoms with Crippen LogP contribution in [0.2, 0.25) is 0 Å². The zero-order valence-corrected chi connectivity index (χ0v) is 12.4. The average molecular weight is 422 g/mol. The van der Waals surface area contributed by atoms with E-state index in [-0.39, 0.29) is 0 Å². The second kappa shape index (κ2) is 5.63. The second-order valence-electron chi connectivity index (χ2n) is 4.06.